The van der Waals surface area contributed by atoms with Gasteiger partial charge in [0.2, 0.25) is 0 Å². The van der Waals surface area contributed by atoms with Gasteiger partial charge in [0, 0.05) is 17.9 Å². The Morgan fingerprint density at radius 2 is 2.29 bits per heavy atom. The lowest BCUT2D eigenvalue weighted by atomic mass is 9.95. The van der Waals surface area contributed by atoms with Crippen molar-refractivity contribution in [2.45, 2.75) is 38.6 Å². The van der Waals surface area contributed by atoms with Crippen LogP contribution < -0.4 is 5.69 Å². The summed E-state index contributed by atoms with van der Waals surface area (Å²) in [5.41, 5.74) is 1.17. The Labute approximate surface area is 83.1 Å². The first-order valence-electron chi connectivity index (χ1n) is 5.52. The SMILES string of the molecule is Cc1c[nH]c(=O)n1C1CC2CCC1C2. The molecule has 14 heavy (non-hydrogen) atoms. The van der Waals surface area contributed by atoms with Gasteiger partial charge in [-0.3, -0.25) is 4.57 Å². The normalized spacial score (nSPS) is 35.4. The highest BCUT2D eigenvalue weighted by atomic mass is 16.1. The highest BCUT2D eigenvalue weighted by Gasteiger charge is 2.41. The average molecular weight is 192 g/mol. The van der Waals surface area contributed by atoms with Crippen molar-refractivity contribution in [2.75, 3.05) is 0 Å². The van der Waals surface area contributed by atoms with Gasteiger partial charge in [-0.1, -0.05) is 6.42 Å². The van der Waals surface area contributed by atoms with E-state index in [2.05, 4.69) is 4.98 Å². The van der Waals surface area contributed by atoms with Crippen LogP contribution >= 0.6 is 0 Å². The van der Waals surface area contributed by atoms with Crippen LogP contribution in [0.1, 0.15) is 37.4 Å². The molecule has 2 fully saturated rings. The van der Waals surface area contributed by atoms with E-state index >= 15 is 0 Å². The lowest BCUT2D eigenvalue weighted by molar-refractivity contribution is 0.320. The van der Waals surface area contributed by atoms with Crippen molar-refractivity contribution in [3.63, 3.8) is 0 Å². The van der Waals surface area contributed by atoms with Crippen LogP contribution in [0.3, 0.4) is 0 Å². The summed E-state index contributed by atoms with van der Waals surface area (Å²) in [6.07, 6.45) is 7.12. The number of nitrogens with zero attached hydrogens (tertiary/aromatic N) is 1. The number of rotatable bonds is 1. The molecule has 0 saturated heterocycles. The Morgan fingerprint density at radius 1 is 1.43 bits per heavy atom. The van der Waals surface area contributed by atoms with E-state index in [1.54, 1.807) is 0 Å². The van der Waals surface area contributed by atoms with E-state index < -0.39 is 0 Å². The molecule has 2 saturated carbocycles. The number of aryl methyl sites for hydroxylation is 1. The number of nitrogens with one attached hydrogen (secondary N) is 1. The second-order valence-electron chi connectivity index (χ2n) is 4.85. The maximum atomic E-state index is 11.6. The summed E-state index contributed by atoms with van der Waals surface area (Å²) in [4.78, 5) is 14.4. The molecule has 3 rings (SSSR count). The van der Waals surface area contributed by atoms with E-state index in [4.69, 9.17) is 0 Å². The molecule has 2 aliphatic rings. The van der Waals surface area contributed by atoms with Crippen molar-refractivity contribution in [2.24, 2.45) is 11.8 Å². The topological polar surface area (TPSA) is 37.8 Å². The number of hydrogen-bond donors (Lipinski definition) is 1. The van der Waals surface area contributed by atoms with Gasteiger partial charge in [-0.15, -0.1) is 0 Å². The summed E-state index contributed by atoms with van der Waals surface area (Å²) < 4.78 is 1.98. The lowest BCUT2D eigenvalue weighted by Crippen LogP contribution is -2.27. The van der Waals surface area contributed by atoms with Gasteiger partial charge in [0.05, 0.1) is 0 Å². The largest absolute Gasteiger partial charge is 0.325 e. The third-order valence-corrected chi connectivity index (χ3v) is 4.04. The number of hydrogen-bond acceptors (Lipinski definition) is 1. The highest BCUT2D eigenvalue weighted by Crippen LogP contribution is 2.50. The zero-order valence-corrected chi connectivity index (χ0v) is 8.49. The number of aromatic amines is 1. The van der Waals surface area contributed by atoms with Gasteiger partial charge in [0.1, 0.15) is 0 Å². The fourth-order valence-electron chi connectivity index (χ4n) is 3.40. The first-order valence-corrected chi connectivity index (χ1v) is 5.52. The summed E-state index contributed by atoms with van der Waals surface area (Å²) in [5.74, 6) is 1.67. The van der Waals surface area contributed by atoms with Crippen LogP contribution in [-0.2, 0) is 0 Å². The molecule has 2 bridgehead atoms. The van der Waals surface area contributed by atoms with E-state index in [1.165, 1.54) is 25.7 Å². The molecule has 3 unspecified atom stereocenters. The molecular weight excluding hydrogens is 176 g/mol. The predicted molar refractivity (Wildman–Crippen MR) is 54.3 cm³/mol. The van der Waals surface area contributed by atoms with Crippen LogP contribution in [0.25, 0.3) is 0 Å². The number of aromatic nitrogens is 2. The zero-order valence-electron chi connectivity index (χ0n) is 8.49. The third kappa shape index (κ3) is 1.01. The van der Waals surface area contributed by atoms with E-state index in [0.29, 0.717) is 6.04 Å². The molecule has 2 aliphatic carbocycles. The van der Waals surface area contributed by atoms with Crippen LogP contribution in [0.4, 0.5) is 0 Å². The molecule has 0 aromatic carbocycles. The first kappa shape index (κ1) is 8.33. The van der Waals surface area contributed by atoms with Crippen molar-refractivity contribution < 1.29 is 0 Å². The quantitative estimate of drug-likeness (QED) is 0.724. The highest BCUT2D eigenvalue weighted by molar-refractivity contribution is 5.02. The summed E-state index contributed by atoms with van der Waals surface area (Å²) in [6, 6.07) is 0.493. The molecule has 76 valence electrons. The molecule has 0 radical (unpaired) electrons. The lowest BCUT2D eigenvalue weighted by Gasteiger charge is -2.23. The monoisotopic (exact) mass is 192 g/mol. The van der Waals surface area contributed by atoms with Gasteiger partial charge in [-0.2, -0.15) is 0 Å². The summed E-state index contributed by atoms with van der Waals surface area (Å²) in [5, 5.41) is 0. The fraction of sp³-hybridized carbons (Fsp3) is 0.727. The third-order valence-electron chi connectivity index (χ3n) is 4.04. The Bertz CT molecular complexity index is 404. The maximum Gasteiger partial charge on any atom is 0.325 e. The van der Waals surface area contributed by atoms with Crippen LogP contribution in [0, 0.1) is 18.8 Å². The van der Waals surface area contributed by atoms with Crippen molar-refractivity contribution >= 4 is 0 Å². The number of H-pyrrole nitrogens is 1. The minimum absolute atomic E-state index is 0.0834. The smallest absolute Gasteiger partial charge is 0.312 e. The molecular formula is C11H16N2O. The molecule has 0 aliphatic heterocycles. The molecule has 0 spiro atoms. The maximum absolute atomic E-state index is 11.6. The molecule has 3 nitrogen and oxygen atoms in total. The van der Waals surface area contributed by atoms with Gasteiger partial charge in [0.25, 0.3) is 0 Å². The van der Waals surface area contributed by atoms with E-state index in [0.717, 1.165) is 17.5 Å². The summed E-state index contributed by atoms with van der Waals surface area (Å²) >= 11 is 0. The first-order chi connectivity index (χ1) is 6.75. The van der Waals surface area contributed by atoms with Gasteiger partial charge >= 0.3 is 5.69 Å². The average Bonchev–Trinajstić information content (AvgIpc) is 2.81. The van der Waals surface area contributed by atoms with Crippen LogP contribution in [0.2, 0.25) is 0 Å². The zero-order chi connectivity index (χ0) is 9.71. The second kappa shape index (κ2) is 2.75. The number of fused-ring (bicyclic) bond motifs is 2. The van der Waals surface area contributed by atoms with Crippen molar-refractivity contribution in [1.82, 2.24) is 9.55 Å². The Kier molecular flexibility index (Phi) is 1.64. The van der Waals surface area contributed by atoms with Crippen LogP contribution in [-0.4, -0.2) is 9.55 Å². The molecule has 3 heteroatoms. The Morgan fingerprint density at radius 3 is 2.79 bits per heavy atom. The molecule has 0 amide bonds. The van der Waals surface area contributed by atoms with Crippen LogP contribution in [0.15, 0.2) is 11.0 Å². The Balaban J connectivity index is 2.00. The molecule has 1 N–H and O–H groups in total. The number of imidazole rings is 1. The van der Waals surface area contributed by atoms with Gasteiger partial charge in [-0.05, 0) is 38.0 Å². The van der Waals surface area contributed by atoms with Crippen molar-refractivity contribution in [1.29, 1.82) is 0 Å². The standard InChI is InChI=1S/C11H16N2O/c1-7-6-12-11(14)13(7)10-5-8-2-3-9(10)4-8/h6,8-10H,2-5H2,1H3,(H,12,14). The van der Waals surface area contributed by atoms with E-state index in [9.17, 15) is 4.79 Å². The van der Waals surface area contributed by atoms with Crippen molar-refractivity contribution in [3.8, 4) is 0 Å². The van der Waals surface area contributed by atoms with E-state index in [1.807, 2.05) is 17.7 Å². The van der Waals surface area contributed by atoms with Crippen LogP contribution in [0.5, 0.6) is 0 Å². The van der Waals surface area contributed by atoms with Gasteiger partial charge in [-0.25, -0.2) is 4.79 Å². The minimum atomic E-state index is 0.0834. The minimum Gasteiger partial charge on any atom is -0.312 e. The van der Waals surface area contributed by atoms with Gasteiger partial charge in [0.15, 0.2) is 0 Å². The van der Waals surface area contributed by atoms with E-state index in [-0.39, 0.29) is 5.69 Å². The predicted octanol–water partition coefficient (Wildman–Crippen LogP) is 1.85. The fourth-order valence-corrected chi connectivity index (χ4v) is 3.40. The summed E-state index contributed by atoms with van der Waals surface area (Å²) in [6.45, 7) is 2.02. The second-order valence-corrected chi connectivity index (χ2v) is 4.85. The molecule has 1 aromatic rings. The molecule has 3 atom stereocenters. The summed E-state index contributed by atoms with van der Waals surface area (Å²) in [7, 11) is 0. The molecule has 1 heterocycles. The molecule has 1 aromatic heterocycles. The Hall–Kier alpha value is -0.990. The van der Waals surface area contributed by atoms with Crippen molar-refractivity contribution in [3.05, 3.63) is 22.4 Å². The van der Waals surface area contributed by atoms with Gasteiger partial charge < -0.3 is 4.98 Å².